The number of hydrogen-bond donors (Lipinski definition) is 1. The standard InChI is InChI=1S/C21H25FN2O2/c1-15-13-18(7-8-19(15)24(2)3)23-20(25)21(9-11-26-12-10-21)16-5-4-6-17(22)14-16/h4-8,13-14H,9-12H2,1-3H3,(H,23,25). The van der Waals surface area contributed by atoms with Gasteiger partial charge in [-0.1, -0.05) is 12.1 Å². The lowest BCUT2D eigenvalue weighted by atomic mass is 9.73. The lowest BCUT2D eigenvalue weighted by Gasteiger charge is -2.36. The fourth-order valence-electron chi connectivity index (χ4n) is 3.64. The predicted molar refractivity (Wildman–Crippen MR) is 102 cm³/mol. The third kappa shape index (κ3) is 3.58. The SMILES string of the molecule is Cc1cc(NC(=O)C2(c3cccc(F)c3)CCOCC2)ccc1N(C)C. The van der Waals surface area contributed by atoms with Gasteiger partial charge in [-0.2, -0.15) is 0 Å². The van der Waals surface area contributed by atoms with Gasteiger partial charge in [-0.15, -0.1) is 0 Å². The van der Waals surface area contributed by atoms with Crippen molar-refractivity contribution >= 4 is 17.3 Å². The maximum atomic E-state index is 13.8. The van der Waals surface area contributed by atoms with E-state index in [9.17, 15) is 9.18 Å². The van der Waals surface area contributed by atoms with Crippen molar-refractivity contribution in [3.05, 3.63) is 59.4 Å². The quantitative estimate of drug-likeness (QED) is 0.904. The van der Waals surface area contributed by atoms with Crippen LogP contribution in [0.3, 0.4) is 0 Å². The molecule has 1 aliphatic heterocycles. The van der Waals surface area contributed by atoms with Gasteiger partial charge in [-0.3, -0.25) is 4.79 Å². The van der Waals surface area contributed by atoms with Crippen LogP contribution in [0, 0.1) is 12.7 Å². The van der Waals surface area contributed by atoms with E-state index in [0.29, 0.717) is 31.6 Å². The molecule has 1 saturated heterocycles. The van der Waals surface area contributed by atoms with Gasteiger partial charge in [0.25, 0.3) is 0 Å². The highest BCUT2D eigenvalue weighted by Crippen LogP contribution is 2.36. The zero-order chi connectivity index (χ0) is 18.7. The molecule has 1 aliphatic rings. The minimum atomic E-state index is -0.769. The Morgan fingerprint density at radius 3 is 2.50 bits per heavy atom. The van der Waals surface area contributed by atoms with Crippen LogP contribution >= 0.6 is 0 Å². The van der Waals surface area contributed by atoms with E-state index in [1.807, 2.05) is 50.2 Å². The second-order valence-electron chi connectivity index (χ2n) is 7.05. The molecule has 0 aliphatic carbocycles. The van der Waals surface area contributed by atoms with E-state index >= 15 is 0 Å². The van der Waals surface area contributed by atoms with Crippen molar-refractivity contribution in [2.75, 3.05) is 37.5 Å². The summed E-state index contributed by atoms with van der Waals surface area (Å²) in [6.07, 6.45) is 1.08. The molecule has 0 saturated carbocycles. The number of amides is 1. The smallest absolute Gasteiger partial charge is 0.235 e. The molecule has 1 amide bonds. The Kier molecular flexibility index (Phi) is 5.28. The molecular formula is C21H25FN2O2. The van der Waals surface area contributed by atoms with Crippen molar-refractivity contribution in [2.45, 2.75) is 25.2 Å². The maximum Gasteiger partial charge on any atom is 0.235 e. The van der Waals surface area contributed by atoms with Gasteiger partial charge >= 0.3 is 0 Å². The highest BCUT2D eigenvalue weighted by Gasteiger charge is 2.42. The Balaban J connectivity index is 1.90. The molecule has 0 bridgehead atoms. The highest BCUT2D eigenvalue weighted by atomic mass is 19.1. The zero-order valence-electron chi connectivity index (χ0n) is 15.5. The van der Waals surface area contributed by atoms with Gasteiger partial charge in [-0.05, 0) is 61.2 Å². The summed E-state index contributed by atoms with van der Waals surface area (Å²) in [4.78, 5) is 15.3. The average Bonchev–Trinajstić information content (AvgIpc) is 2.62. The fraction of sp³-hybridized carbons (Fsp3) is 0.381. The van der Waals surface area contributed by atoms with E-state index in [-0.39, 0.29) is 11.7 Å². The summed E-state index contributed by atoms with van der Waals surface area (Å²) in [6.45, 7) is 2.99. The number of hydrogen-bond acceptors (Lipinski definition) is 3. The van der Waals surface area contributed by atoms with Crippen molar-refractivity contribution in [1.82, 2.24) is 0 Å². The van der Waals surface area contributed by atoms with Gasteiger partial charge in [-0.25, -0.2) is 4.39 Å². The molecule has 0 atom stereocenters. The number of nitrogens with zero attached hydrogens (tertiary/aromatic N) is 1. The van der Waals surface area contributed by atoms with Crippen LogP contribution in [0.25, 0.3) is 0 Å². The molecule has 1 fully saturated rings. The third-order valence-electron chi connectivity index (χ3n) is 5.09. The number of ether oxygens (including phenoxy) is 1. The molecule has 2 aromatic carbocycles. The van der Waals surface area contributed by atoms with Crippen LogP contribution in [-0.2, 0) is 14.9 Å². The van der Waals surface area contributed by atoms with E-state index in [4.69, 9.17) is 4.74 Å². The Morgan fingerprint density at radius 1 is 1.15 bits per heavy atom. The first kappa shape index (κ1) is 18.4. The first-order valence-corrected chi connectivity index (χ1v) is 8.85. The Morgan fingerprint density at radius 2 is 1.88 bits per heavy atom. The molecule has 0 aromatic heterocycles. The van der Waals surface area contributed by atoms with Gasteiger partial charge in [0.05, 0.1) is 5.41 Å². The summed E-state index contributed by atoms with van der Waals surface area (Å²) in [5, 5.41) is 3.04. The molecule has 2 aromatic rings. The third-order valence-corrected chi connectivity index (χ3v) is 5.09. The first-order chi connectivity index (χ1) is 12.4. The topological polar surface area (TPSA) is 41.6 Å². The van der Waals surface area contributed by atoms with Gasteiger partial charge in [0.1, 0.15) is 5.82 Å². The van der Waals surface area contributed by atoms with Crippen LogP contribution < -0.4 is 10.2 Å². The summed E-state index contributed by atoms with van der Waals surface area (Å²) >= 11 is 0. The Bertz CT molecular complexity index is 798. The fourth-order valence-corrected chi connectivity index (χ4v) is 3.64. The maximum absolute atomic E-state index is 13.8. The lowest BCUT2D eigenvalue weighted by Crippen LogP contribution is -2.44. The van der Waals surface area contributed by atoms with E-state index in [1.54, 1.807) is 6.07 Å². The van der Waals surface area contributed by atoms with Crippen molar-refractivity contribution in [1.29, 1.82) is 0 Å². The molecule has 4 nitrogen and oxygen atoms in total. The molecular weight excluding hydrogens is 331 g/mol. The number of benzene rings is 2. The summed E-state index contributed by atoms with van der Waals surface area (Å²) in [6, 6.07) is 12.2. The van der Waals surface area contributed by atoms with Crippen molar-refractivity contribution in [2.24, 2.45) is 0 Å². The van der Waals surface area contributed by atoms with Crippen LogP contribution in [0.5, 0.6) is 0 Å². The molecule has 0 spiro atoms. The van der Waals surface area contributed by atoms with Crippen LogP contribution in [0.2, 0.25) is 0 Å². The molecule has 26 heavy (non-hydrogen) atoms. The molecule has 1 heterocycles. The number of carbonyl (C=O) groups excluding carboxylic acids is 1. The van der Waals surface area contributed by atoms with E-state index in [1.165, 1.54) is 12.1 Å². The van der Waals surface area contributed by atoms with Crippen LogP contribution in [0.1, 0.15) is 24.0 Å². The number of rotatable bonds is 4. The largest absolute Gasteiger partial charge is 0.381 e. The number of nitrogens with one attached hydrogen (secondary N) is 1. The molecule has 0 radical (unpaired) electrons. The number of aryl methyl sites for hydroxylation is 1. The summed E-state index contributed by atoms with van der Waals surface area (Å²) in [5.74, 6) is -0.434. The van der Waals surface area contributed by atoms with Crippen molar-refractivity contribution < 1.29 is 13.9 Å². The minimum absolute atomic E-state index is 0.108. The summed E-state index contributed by atoms with van der Waals surface area (Å²) in [7, 11) is 3.98. The summed E-state index contributed by atoms with van der Waals surface area (Å²) < 4.78 is 19.2. The van der Waals surface area contributed by atoms with E-state index in [2.05, 4.69) is 5.32 Å². The van der Waals surface area contributed by atoms with Crippen molar-refractivity contribution in [3.63, 3.8) is 0 Å². The number of carbonyl (C=O) groups is 1. The van der Waals surface area contributed by atoms with Gasteiger partial charge < -0.3 is 15.0 Å². The Hall–Kier alpha value is -2.40. The Labute approximate surface area is 154 Å². The van der Waals surface area contributed by atoms with Gasteiger partial charge in [0.2, 0.25) is 5.91 Å². The highest BCUT2D eigenvalue weighted by molar-refractivity contribution is 5.99. The molecule has 0 unspecified atom stereocenters. The van der Waals surface area contributed by atoms with Crippen LogP contribution in [0.15, 0.2) is 42.5 Å². The molecule has 3 rings (SSSR count). The van der Waals surface area contributed by atoms with Gasteiger partial charge in [0.15, 0.2) is 0 Å². The average molecular weight is 356 g/mol. The van der Waals surface area contributed by atoms with Crippen molar-refractivity contribution in [3.8, 4) is 0 Å². The number of anilines is 2. The zero-order valence-corrected chi connectivity index (χ0v) is 15.5. The molecule has 5 heteroatoms. The second kappa shape index (κ2) is 7.46. The van der Waals surface area contributed by atoms with Crippen LogP contribution in [-0.4, -0.2) is 33.2 Å². The number of halogens is 1. The van der Waals surface area contributed by atoms with Crippen LogP contribution in [0.4, 0.5) is 15.8 Å². The normalized spacial score (nSPS) is 16.2. The predicted octanol–water partition coefficient (Wildman–Crippen LogP) is 3.89. The minimum Gasteiger partial charge on any atom is -0.381 e. The van der Waals surface area contributed by atoms with Gasteiger partial charge in [0, 0.05) is 38.7 Å². The molecule has 138 valence electrons. The molecule has 1 N–H and O–H groups in total. The lowest BCUT2D eigenvalue weighted by molar-refractivity contribution is -0.125. The van der Waals surface area contributed by atoms with E-state index in [0.717, 1.165) is 16.9 Å². The monoisotopic (exact) mass is 356 g/mol. The van der Waals surface area contributed by atoms with E-state index < -0.39 is 5.41 Å². The summed E-state index contributed by atoms with van der Waals surface area (Å²) in [5.41, 5.74) is 2.88. The first-order valence-electron chi connectivity index (χ1n) is 8.85. The second-order valence-corrected chi connectivity index (χ2v) is 7.05.